The topological polar surface area (TPSA) is 60.4 Å². The van der Waals surface area contributed by atoms with Crippen LogP contribution in [0, 0.1) is 0 Å². The molecule has 142 valence electrons. The van der Waals surface area contributed by atoms with Gasteiger partial charge in [-0.15, -0.1) is 0 Å². The van der Waals surface area contributed by atoms with Crippen LogP contribution in [0.15, 0.2) is 100 Å². The van der Waals surface area contributed by atoms with E-state index in [1.54, 1.807) is 41.4 Å². The summed E-state index contributed by atoms with van der Waals surface area (Å²) in [5.74, 6) is -0.414. The molecule has 4 nitrogen and oxygen atoms in total. The van der Waals surface area contributed by atoms with Gasteiger partial charge in [-0.2, -0.15) is 0 Å². The fraction of sp³-hybridized carbons (Fsp3) is 0.0455. The first-order valence-corrected chi connectivity index (χ1v) is 11.9. The van der Waals surface area contributed by atoms with Crippen molar-refractivity contribution in [2.75, 3.05) is 0 Å². The molecule has 0 aliphatic rings. The van der Waals surface area contributed by atoms with E-state index in [0.29, 0.717) is 5.56 Å². The van der Waals surface area contributed by atoms with Gasteiger partial charge in [0.05, 0.1) is 0 Å². The third kappa shape index (κ3) is 5.67. The van der Waals surface area contributed by atoms with E-state index in [1.165, 1.54) is 17.5 Å². The SMILES string of the molecule is O=C(OCc1ccc(S(=O)(=O)/C=C/[Se]c2ccccc2)cc1)c1ccccc1. The van der Waals surface area contributed by atoms with Crippen molar-refractivity contribution < 1.29 is 17.9 Å². The quantitative estimate of drug-likeness (QED) is 0.404. The minimum absolute atomic E-state index is 0.0418. The van der Waals surface area contributed by atoms with Gasteiger partial charge in [0.15, 0.2) is 0 Å². The van der Waals surface area contributed by atoms with Crippen LogP contribution in [0.5, 0.6) is 0 Å². The zero-order chi connectivity index (χ0) is 19.8. The Morgan fingerprint density at radius 2 is 1.46 bits per heavy atom. The number of hydrogen-bond donors (Lipinski definition) is 0. The van der Waals surface area contributed by atoms with Crippen LogP contribution < -0.4 is 4.46 Å². The van der Waals surface area contributed by atoms with E-state index in [1.807, 2.05) is 36.4 Å². The number of esters is 1. The van der Waals surface area contributed by atoms with Crippen LogP contribution in [0.3, 0.4) is 0 Å². The van der Waals surface area contributed by atoms with Gasteiger partial charge in [0.25, 0.3) is 0 Å². The predicted octanol–water partition coefficient (Wildman–Crippen LogP) is 3.32. The average molecular weight is 457 g/mol. The molecule has 3 rings (SSSR count). The molecule has 0 radical (unpaired) electrons. The van der Waals surface area contributed by atoms with E-state index < -0.39 is 15.8 Å². The molecule has 0 aromatic heterocycles. The molecular formula is C22H18O4SSe. The van der Waals surface area contributed by atoms with E-state index in [-0.39, 0.29) is 26.5 Å². The first-order chi connectivity index (χ1) is 13.5. The summed E-state index contributed by atoms with van der Waals surface area (Å²) in [6, 6.07) is 24.8. The van der Waals surface area contributed by atoms with Gasteiger partial charge in [0.1, 0.15) is 0 Å². The van der Waals surface area contributed by atoms with Crippen LogP contribution in [0.2, 0.25) is 0 Å². The van der Waals surface area contributed by atoms with Crippen LogP contribution in [-0.4, -0.2) is 29.3 Å². The summed E-state index contributed by atoms with van der Waals surface area (Å²) in [6.45, 7) is 0.0843. The van der Waals surface area contributed by atoms with Crippen molar-refractivity contribution in [3.8, 4) is 0 Å². The van der Waals surface area contributed by atoms with Gasteiger partial charge < -0.3 is 0 Å². The van der Waals surface area contributed by atoms with Crippen molar-refractivity contribution in [2.45, 2.75) is 11.5 Å². The number of carbonyl (C=O) groups is 1. The molecule has 0 fully saturated rings. The fourth-order valence-corrected chi connectivity index (χ4v) is 5.47. The number of ether oxygens (including phenoxy) is 1. The molecule has 28 heavy (non-hydrogen) atoms. The molecule has 0 saturated heterocycles. The van der Waals surface area contributed by atoms with Crippen LogP contribution in [0.1, 0.15) is 15.9 Å². The minimum Gasteiger partial charge on any atom is -0.0622 e. The molecular weight excluding hydrogens is 439 g/mol. The monoisotopic (exact) mass is 458 g/mol. The minimum atomic E-state index is -3.49. The van der Waals surface area contributed by atoms with Crippen LogP contribution in [-0.2, 0) is 21.2 Å². The van der Waals surface area contributed by atoms with Crippen molar-refractivity contribution >= 4 is 35.2 Å². The van der Waals surface area contributed by atoms with E-state index in [2.05, 4.69) is 0 Å². The number of carbonyl (C=O) groups excluding carboxylic acids is 1. The Labute approximate surface area is 170 Å². The van der Waals surface area contributed by atoms with E-state index in [0.717, 1.165) is 10.0 Å². The normalized spacial score (nSPS) is 11.4. The van der Waals surface area contributed by atoms with Crippen molar-refractivity contribution in [1.82, 2.24) is 0 Å². The Bertz CT molecular complexity index is 1040. The summed E-state index contributed by atoms with van der Waals surface area (Å²) in [5, 5.41) is 1.25. The summed E-state index contributed by atoms with van der Waals surface area (Å²) in [5.41, 5.74) is 1.20. The molecule has 0 saturated carbocycles. The van der Waals surface area contributed by atoms with Gasteiger partial charge in [0.2, 0.25) is 0 Å². The van der Waals surface area contributed by atoms with Gasteiger partial charge in [-0.3, -0.25) is 0 Å². The van der Waals surface area contributed by atoms with E-state index in [4.69, 9.17) is 4.74 Å². The Hall–Kier alpha value is -2.66. The zero-order valence-electron chi connectivity index (χ0n) is 14.9. The summed E-state index contributed by atoms with van der Waals surface area (Å²) in [4.78, 5) is 13.9. The number of rotatable bonds is 7. The molecule has 0 spiro atoms. The van der Waals surface area contributed by atoms with Gasteiger partial charge in [0, 0.05) is 0 Å². The molecule has 0 aliphatic heterocycles. The summed E-state index contributed by atoms with van der Waals surface area (Å²) >= 11 is -0.0418. The molecule has 3 aromatic rings. The molecule has 0 heterocycles. The van der Waals surface area contributed by atoms with Gasteiger partial charge in [-0.1, -0.05) is 18.2 Å². The predicted molar refractivity (Wildman–Crippen MR) is 110 cm³/mol. The van der Waals surface area contributed by atoms with Crippen molar-refractivity contribution in [3.05, 3.63) is 106 Å². The average Bonchev–Trinajstić information content (AvgIpc) is 2.73. The molecule has 0 aliphatic carbocycles. The Balaban J connectivity index is 1.59. The fourth-order valence-electron chi connectivity index (χ4n) is 2.34. The second kappa shape index (κ2) is 9.51. The van der Waals surface area contributed by atoms with Gasteiger partial charge >= 0.3 is 153 Å². The summed E-state index contributed by atoms with van der Waals surface area (Å²) in [7, 11) is -3.49. The molecule has 6 heteroatoms. The molecule has 0 N–H and O–H groups in total. The molecule has 0 unspecified atom stereocenters. The maximum atomic E-state index is 12.4. The van der Waals surface area contributed by atoms with E-state index >= 15 is 0 Å². The smallest absolute Gasteiger partial charge is 0.0622 e. The van der Waals surface area contributed by atoms with Crippen LogP contribution >= 0.6 is 0 Å². The number of hydrogen-bond acceptors (Lipinski definition) is 4. The number of benzene rings is 3. The maximum absolute atomic E-state index is 12.4. The Kier molecular flexibility index (Phi) is 6.82. The molecule has 0 atom stereocenters. The first-order valence-electron chi connectivity index (χ1n) is 8.49. The Morgan fingerprint density at radius 3 is 2.11 bits per heavy atom. The van der Waals surface area contributed by atoms with Gasteiger partial charge in [-0.25, -0.2) is 0 Å². The third-order valence-corrected chi connectivity index (χ3v) is 7.34. The van der Waals surface area contributed by atoms with Gasteiger partial charge in [-0.05, 0) is 0 Å². The summed E-state index contributed by atoms with van der Waals surface area (Å²) in [6.07, 6.45) is 0. The molecule has 3 aromatic carbocycles. The standard InChI is InChI=1S/C22H18O4SSe/c23-22(19-7-3-1-4-8-19)26-17-18-11-13-20(14-12-18)27(24,25)15-16-28-21-9-5-2-6-10-21/h1-16H,17H2/b16-15+. The molecule has 0 bridgehead atoms. The number of sulfone groups is 1. The second-order valence-corrected chi connectivity index (χ2v) is 9.72. The summed E-state index contributed by atoms with van der Waals surface area (Å²) < 4.78 is 31.2. The second-order valence-electron chi connectivity index (χ2n) is 5.83. The van der Waals surface area contributed by atoms with Crippen molar-refractivity contribution in [3.63, 3.8) is 0 Å². The van der Waals surface area contributed by atoms with E-state index in [9.17, 15) is 13.2 Å². The van der Waals surface area contributed by atoms with Crippen molar-refractivity contribution in [2.24, 2.45) is 0 Å². The zero-order valence-corrected chi connectivity index (χ0v) is 17.4. The first kappa shape index (κ1) is 20.1. The van der Waals surface area contributed by atoms with Crippen LogP contribution in [0.4, 0.5) is 0 Å². The van der Waals surface area contributed by atoms with Crippen molar-refractivity contribution in [1.29, 1.82) is 0 Å². The Morgan fingerprint density at radius 1 is 0.857 bits per heavy atom. The van der Waals surface area contributed by atoms with Crippen LogP contribution in [0.25, 0.3) is 0 Å². The molecule has 0 amide bonds. The third-order valence-electron chi connectivity index (χ3n) is 3.81.